The lowest BCUT2D eigenvalue weighted by atomic mass is 10.00. The zero-order valence-electron chi connectivity index (χ0n) is 11.8. The van der Waals surface area contributed by atoms with Gasteiger partial charge in [-0.15, -0.1) is 0 Å². The van der Waals surface area contributed by atoms with Crippen LogP contribution in [-0.2, 0) is 17.1 Å². The van der Waals surface area contributed by atoms with E-state index in [1.165, 1.54) is 4.68 Å². The molecule has 7 heteroatoms. The molecule has 3 rings (SSSR count). The fourth-order valence-corrected chi connectivity index (χ4v) is 4.74. The average Bonchev–Trinajstić information content (AvgIpc) is 3.18. The first-order chi connectivity index (χ1) is 9.59. The summed E-state index contributed by atoms with van der Waals surface area (Å²) in [5.74, 6) is 0.423. The molecule has 1 aliphatic carbocycles. The maximum atomic E-state index is 12.8. The number of hydrogen-bond acceptors (Lipinski definition) is 4. The molecule has 0 bridgehead atoms. The van der Waals surface area contributed by atoms with Crippen LogP contribution in [0.25, 0.3) is 0 Å². The molecule has 0 aromatic carbocycles. The second kappa shape index (κ2) is 5.46. The van der Waals surface area contributed by atoms with Crippen molar-refractivity contribution in [2.45, 2.75) is 36.8 Å². The van der Waals surface area contributed by atoms with Crippen molar-refractivity contribution in [3.63, 3.8) is 0 Å². The minimum absolute atomic E-state index is 0.192. The molecule has 1 atom stereocenters. The van der Waals surface area contributed by atoms with Crippen molar-refractivity contribution < 1.29 is 8.42 Å². The van der Waals surface area contributed by atoms with Gasteiger partial charge in [0.2, 0.25) is 0 Å². The highest BCUT2D eigenvalue weighted by Gasteiger charge is 2.40. The largest absolute Gasteiger partial charge is 0.316 e. The molecule has 112 valence electrons. The molecule has 2 heterocycles. The third-order valence-electron chi connectivity index (χ3n) is 4.14. The van der Waals surface area contributed by atoms with E-state index in [-0.39, 0.29) is 6.04 Å². The third kappa shape index (κ3) is 2.75. The van der Waals surface area contributed by atoms with Crippen molar-refractivity contribution in [2.75, 3.05) is 19.6 Å². The van der Waals surface area contributed by atoms with E-state index in [4.69, 9.17) is 0 Å². The van der Waals surface area contributed by atoms with Gasteiger partial charge in [0.1, 0.15) is 0 Å². The van der Waals surface area contributed by atoms with E-state index in [0.717, 1.165) is 38.8 Å². The molecule has 1 unspecified atom stereocenters. The van der Waals surface area contributed by atoms with Gasteiger partial charge in [0.15, 0.2) is 5.03 Å². The fourth-order valence-electron chi connectivity index (χ4n) is 2.88. The van der Waals surface area contributed by atoms with Crippen LogP contribution in [0.3, 0.4) is 0 Å². The standard InChI is InChI=1S/C13H22N4O2S/c1-16-13(6-8-15-16)20(18,19)17(12-4-5-12)10-11-3-2-7-14-9-11/h6,8,11-12,14H,2-5,7,9-10H2,1H3. The zero-order chi connectivity index (χ0) is 14.2. The van der Waals surface area contributed by atoms with Gasteiger partial charge in [-0.05, 0) is 50.8 Å². The van der Waals surface area contributed by atoms with Gasteiger partial charge in [0, 0.05) is 19.6 Å². The molecular weight excluding hydrogens is 276 g/mol. The van der Waals surface area contributed by atoms with Gasteiger partial charge in [0.05, 0.1) is 6.20 Å². The lowest BCUT2D eigenvalue weighted by molar-refractivity contribution is 0.285. The molecule has 1 aromatic rings. The molecular formula is C13H22N4O2S. The third-order valence-corrected chi connectivity index (χ3v) is 6.13. The highest BCUT2D eigenvalue weighted by atomic mass is 32.2. The van der Waals surface area contributed by atoms with Gasteiger partial charge in [-0.1, -0.05) is 0 Å². The maximum absolute atomic E-state index is 12.8. The Balaban J connectivity index is 1.81. The lowest BCUT2D eigenvalue weighted by Gasteiger charge is -2.29. The Hall–Kier alpha value is -0.920. The van der Waals surface area contributed by atoms with Crippen LogP contribution in [0.1, 0.15) is 25.7 Å². The van der Waals surface area contributed by atoms with Crippen LogP contribution in [-0.4, -0.2) is 48.2 Å². The normalized spacial score (nSPS) is 24.2. The van der Waals surface area contributed by atoms with Crippen LogP contribution in [0, 0.1) is 5.92 Å². The quantitative estimate of drug-likeness (QED) is 0.863. The van der Waals surface area contributed by atoms with Gasteiger partial charge in [0.25, 0.3) is 10.0 Å². The van der Waals surface area contributed by atoms with Gasteiger partial charge in [-0.2, -0.15) is 9.40 Å². The number of nitrogens with one attached hydrogen (secondary N) is 1. The van der Waals surface area contributed by atoms with E-state index in [9.17, 15) is 8.42 Å². The second-order valence-corrected chi connectivity index (χ2v) is 7.65. The van der Waals surface area contributed by atoms with Crippen LogP contribution >= 0.6 is 0 Å². The van der Waals surface area contributed by atoms with E-state index >= 15 is 0 Å². The van der Waals surface area contributed by atoms with E-state index < -0.39 is 10.0 Å². The van der Waals surface area contributed by atoms with Crippen LogP contribution < -0.4 is 5.32 Å². The number of rotatable bonds is 5. The Bertz CT molecular complexity index is 559. The molecule has 1 saturated carbocycles. The van der Waals surface area contributed by atoms with Gasteiger partial charge in [-0.3, -0.25) is 4.68 Å². The van der Waals surface area contributed by atoms with Gasteiger partial charge in [-0.25, -0.2) is 8.42 Å². The number of aromatic nitrogens is 2. The van der Waals surface area contributed by atoms with E-state index in [2.05, 4.69) is 10.4 Å². The summed E-state index contributed by atoms with van der Waals surface area (Å²) in [7, 11) is -1.74. The summed E-state index contributed by atoms with van der Waals surface area (Å²) >= 11 is 0. The zero-order valence-corrected chi connectivity index (χ0v) is 12.6. The number of hydrogen-bond donors (Lipinski definition) is 1. The highest BCUT2D eigenvalue weighted by molar-refractivity contribution is 7.89. The SMILES string of the molecule is Cn1nccc1S(=O)(=O)N(CC1CCCNC1)C1CC1. The Morgan fingerprint density at radius 1 is 1.45 bits per heavy atom. The van der Waals surface area contributed by atoms with Crippen LogP contribution in [0.2, 0.25) is 0 Å². The van der Waals surface area contributed by atoms with Crippen LogP contribution in [0.4, 0.5) is 0 Å². The minimum Gasteiger partial charge on any atom is -0.316 e. The molecule has 0 spiro atoms. The Labute approximate surface area is 120 Å². The summed E-state index contributed by atoms with van der Waals surface area (Å²) in [6.07, 6.45) is 5.75. The predicted molar refractivity (Wildman–Crippen MR) is 75.7 cm³/mol. The molecule has 2 fully saturated rings. The second-order valence-electron chi connectivity index (χ2n) is 5.81. The molecule has 20 heavy (non-hydrogen) atoms. The first-order valence-corrected chi connectivity index (χ1v) is 8.73. The molecule has 1 aliphatic heterocycles. The Kier molecular flexibility index (Phi) is 3.83. The van der Waals surface area contributed by atoms with Crippen molar-refractivity contribution in [3.8, 4) is 0 Å². The number of piperidine rings is 1. The van der Waals surface area contributed by atoms with E-state index in [0.29, 0.717) is 17.5 Å². The summed E-state index contributed by atoms with van der Waals surface area (Å²) in [5.41, 5.74) is 0. The summed E-state index contributed by atoms with van der Waals surface area (Å²) < 4.78 is 28.8. The molecule has 2 aliphatic rings. The van der Waals surface area contributed by atoms with Crippen molar-refractivity contribution in [3.05, 3.63) is 12.3 Å². The molecule has 1 saturated heterocycles. The maximum Gasteiger partial charge on any atom is 0.260 e. The van der Waals surface area contributed by atoms with Crippen LogP contribution in [0.5, 0.6) is 0 Å². The Morgan fingerprint density at radius 2 is 2.25 bits per heavy atom. The van der Waals surface area contributed by atoms with Gasteiger partial charge < -0.3 is 5.32 Å². The molecule has 6 nitrogen and oxygen atoms in total. The number of nitrogens with zero attached hydrogens (tertiary/aromatic N) is 3. The lowest BCUT2D eigenvalue weighted by Crippen LogP contribution is -2.42. The summed E-state index contributed by atoms with van der Waals surface area (Å²) in [4.78, 5) is 0. The van der Waals surface area contributed by atoms with E-state index in [1.54, 1.807) is 23.6 Å². The first kappa shape index (κ1) is 14.0. The van der Waals surface area contributed by atoms with Crippen molar-refractivity contribution in [1.82, 2.24) is 19.4 Å². The predicted octanol–water partition coefficient (Wildman–Crippen LogP) is 0.573. The van der Waals surface area contributed by atoms with Crippen LogP contribution in [0.15, 0.2) is 17.3 Å². The van der Waals surface area contributed by atoms with Crippen molar-refractivity contribution in [1.29, 1.82) is 0 Å². The number of aryl methyl sites for hydroxylation is 1. The van der Waals surface area contributed by atoms with Crippen molar-refractivity contribution >= 4 is 10.0 Å². The highest BCUT2D eigenvalue weighted by Crippen LogP contribution is 2.33. The Morgan fingerprint density at radius 3 is 2.80 bits per heavy atom. The molecule has 1 N–H and O–H groups in total. The minimum atomic E-state index is -3.42. The summed E-state index contributed by atoms with van der Waals surface area (Å²) in [5, 5.41) is 7.65. The first-order valence-electron chi connectivity index (χ1n) is 7.29. The van der Waals surface area contributed by atoms with Gasteiger partial charge >= 0.3 is 0 Å². The monoisotopic (exact) mass is 298 g/mol. The average molecular weight is 298 g/mol. The smallest absolute Gasteiger partial charge is 0.260 e. The molecule has 1 aromatic heterocycles. The van der Waals surface area contributed by atoms with E-state index in [1.807, 2.05) is 0 Å². The number of sulfonamides is 1. The molecule has 0 amide bonds. The topological polar surface area (TPSA) is 67.2 Å². The summed E-state index contributed by atoms with van der Waals surface area (Å²) in [6, 6.07) is 1.78. The van der Waals surface area contributed by atoms with Crippen molar-refractivity contribution in [2.24, 2.45) is 13.0 Å². The fraction of sp³-hybridized carbons (Fsp3) is 0.769. The molecule has 0 radical (unpaired) electrons. The summed E-state index contributed by atoms with van der Waals surface area (Å²) in [6.45, 7) is 2.60.